The molecule has 3 aromatic rings. The summed E-state index contributed by atoms with van der Waals surface area (Å²) in [6.45, 7) is 8.78. The summed E-state index contributed by atoms with van der Waals surface area (Å²) < 4.78 is 27.7. The lowest BCUT2D eigenvalue weighted by Gasteiger charge is -2.35. The van der Waals surface area contributed by atoms with Crippen molar-refractivity contribution in [1.29, 1.82) is 0 Å². The molecule has 1 saturated heterocycles. The average molecular weight is 471 g/mol. The monoisotopic (exact) mass is 470 g/mol. The van der Waals surface area contributed by atoms with E-state index in [0.717, 1.165) is 29.3 Å². The largest absolute Gasteiger partial charge is 0.353 e. The van der Waals surface area contributed by atoms with Gasteiger partial charge >= 0.3 is 0 Å². The van der Waals surface area contributed by atoms with Gasteiger partial charge in [-0.2, -0.15) is 4.31 Å². The van der Waals surface area contributed by atoms with E-state index in [9.17, 15) is 8.42 Å². The van der Waals surface area contributed by atoms with Crippen molar-refractivity contribution in [2.75, 3.05) is 31.1 Å². The fourth-order valence-electron chi connectivity index (χ4n) is 4.71. The first-order valence-electron chi connectivity index (χ1n) is 11.5. The summed E-state index contributed by atoms with van der Waals surface area (Å²) in [5, 5.41) is 1.21. The van der Waals surface area contributed by atoms with Crippen LogP contribution in [0.4, 0.5) is 5.82 Å². The first-order valence-corrected chi connectivity index (χ1v) is 13.7. The molecule has 1 aliphatic heterocycles. The molecule has 0 unspecified atom stereocenters. The van der Waals surface area contributed by atoms with E-state index in [1.54, 1.807) is 28.6 Å². The van der Waals surface area contributed by atoms with E-state index >= 15 is 0 Å². The lowest BCUT2D eigenvalue weighted by molar-refractivity contribution is 0.384. The molecule has 0 bridgehead atoms. The topological polar surface area (TPSA) is 66.4 Å². The van der Waals surface area contributed by atoms with Crippen molar-refractivity contribution in [2.45, 2.75) is 50.8 Å². The number of thiophene rings is 1. The van der Waals surface area contributed by atoms with Crippen LogP contribution in [0, 0.1) is 5.92 Å². The Kier molecular flexibility index (Phi) is 5.72. The molecule has 1 aromatic carbocycles. The summed E-state index contributed by atoms with van der Waals surface area (Å²) in [5.41, 5.74) is 1.42. The van der Waals surface area contributed by atoms with Crippen LogP contribution in [-0.4, -0.2) is 48.9 Å². The fourth-order valence-corrected chi connectivity index (χ4v) is 7.54. The minimum atomic E-state index is -3.47. The van der Waals surface area contributed by atoms with E-state index < -0.39 is 10.0 Å². The van der Waals surface area contributed by atoms with Crippen LogP contribution in [-0.2, 0) is 22.9 Å². The molecule has 32 heavy (non-hydrogen) atoms. The maximum atomic E-state index is 13.1. The third kappa shape index (κ3) is 3.82. The minimum absolute atomic E-state index is 0.246. The zero-order chi connectivity index (χ0) is 22.5. The smallest absolute Gasteiger partial charge is 0.243 e. The number of piperazine rings is 1. The second-order valence-electron chi connectivity index (χ2n) is 9.30. The number of hydrogen-bond donors (Lipinski definition) is 0. The van der Waals surface area contributed by atoms with Crippen LogP contribution < -0.4 is 4.90 Å². The van der Waals surface area contributed by atoms with Gasteiger partial charge < -0.3 is 4.90 Å². The van der Waals surface area contributed by atoms with E-state index in [0.29, 0.717) is 37.0 Å². The third-order valence-corrected chi connectivity index (χ3v) is 9.65. The normalized spacial score (nSPS) is 20.1. The van der Waals surface area contributed by atoms with Crippen molar-refractivity contribution < 1.29 is 8.42 Å². The summed E-state index contributed by atoms with van der Waals surface area (Å²) in [6, 6.07) is 8.72. The molecule has 5 rings (SSSR count). The molecule has 1 atom stereocenters. The van der Waals surface area contributed by atoms with E-state index in [2.05, 4.69) is 25.7 Å². The third-order valence-electron chi connectivity index (χ3n) is 6.59. The van der Waals surface area contributed by atoms with Crippen LogP contribution in [0.1, 0.15) is 49.4 Å². The molecule has 2 aliphatic rings. The van der Waals surface area contributed by atoms with E-state index in [1.807, 2.05) is 17.4 Å². The highest BCUT2D eigenvalue weighted by Crippen LogP contribution is 2.41. The number of aromatic nitrogens is 2. The molecule has 0 saturated carbocycles. The number of aryl methyl sites for hydroxylation is 1. The van der Waals surface area contributed by atoms with Crippen LogP contribution in [0.5, 0.6) is 0 Å². The molecule has 1 fully saturated rings. The number of anilines is 1. The molecule has 1 aliphatic carbocycles. The zero-order valence-electron chi connectivity index (χ0n) is 18.9. The van der Waals surface area contributed by atoms with Crippen LogP contribution in [0.25, 0.3) is 10.2 Å². The molecule has 6 nitrogen and oxygen atoms in total. The van der Waals surface area contributed by atoms with Crippen LogP contribution in [0.3, 0.4) is 0 Å². The van der Waals surface area contributed by atoms with E-state index in [-0.39, 0.29) is 5.92 Å². The molecule has 8 heteroatoms. The Bertz CT molecular complexity index is 1230. The van der Waals surface area contributed by atoms with Gasteiger partial charge in [0.1, 0.15) is 16.5 Å². The van der Waals surface area contributed by atoms with Crippen LogP contribution in [0.2, 0.25) is 0 Å². The summed E-state index contributed by atoms with van der Waals surface area (Å²) in [6.07, 6.45) is 3.40. The molecule has 0 spiro atoms. The molecular formula is C24H30N4O2S2. The van der Waals surface area contributed by atoms with Gasteiger partial charge in [-0.1, -0.05) is 39.0 Å². The Morgan fingerprint density at radius 2 is 1.78 bits per heavy atom. The highest BCUT2D eigenvalue weighted by Gasteiger charge is 2.31. The van der Waals surface area contributed by atoms with Crippen molar-refractivity contribution in [1.82, 2.24) is 14.3 Å². The van der Waals surface area contributed by atoms with Gasteiger partial charge in [0.25, 0.3) is 0 Å². The lowest BCUT2D eigenvalue weighted by Crippen LogP contribution is -2.49. The predicted octanol–water partition coefficient (Wildman–Crippen LogP) is 4.45. The number of hydrogen-bond acceptors (Lipinski definition) is 6. The van der Waals surface area contributed by atoms with Gasteiger partial charge in [-0.3, -0.25) is 0 Å². The predicted molar refractivity (Wildman–Crippen MR) is 130 cm³/mol. The maximum absolute atomic E-state index is 13.1. The van der Waals surface area contributed by atoms with Crippen molar-refractivity contribution in [2.24, 2.45) is 5.92 Å². The number of sulfonamides is 1. The second-order valence-corrected chi connectivity index (χ2v) is 12.3. The van der Waals surface area contributed by atoms with E-state index in [1.165, 1.54) is 22.2 Å². The number of rotatable bonds is 4. The van der Waals surface area contributed by atoms with Crippen molar-refractivity contribution in [3.05, 3.63) is 46.6 Å². The number of nitrogens with zero attached hydrogens (tertiary/aromatic N) is 4. The number of fused-ring (bicyclic) bond motifs is 3. The number of benzene rings is 1. The summed E-state index contributed by atoms with van der Waals surface area (Å²) >= 11 is 1.83. The standard InChI is InChI=1S/C24H30N4O2S2/c1-16(2)22-25-23(21-19-10-9-17(3)15-20(19)31-24(21)26-22)27-11-13-28(14-12-27)32(29,30)18-7-5-4-6-8-18/h4-8,16-17H,9-15H2,1-3H3/t17-/m1/s1. The van der Waals surface area contributed by atoms with Gasteiger partial charge in [0.05, 0.1) is 10.3 Å². The van der Waals surface area contributed by atoms with Crippen LogP contribution >= 0.6 is 11.3 Å². The van der Waals surface area contributed by atoms with E-state index in [4.69, 9.17) is 9.97 Å². The van der Waals surface area contributed by atoms with Gasteiger partial charge in [-0.15, -0.1) is 11.3 Å². The van der Waals surface area contributed by atoms with Gasteiger partial charge in [0.15, 0.2) is 0 Å². The summed E-state index contributed by atoms with van der Waals surface area (Å²) in [5.74, 6) is 2.83. The molecule has 2 aromatic heterocycles. The highest BCUT2D eigenvalue weighted by molar-refractivity contribution is 7.89. The molecule has 170 valence electrons. The Balaban J connectivity index is 1.48. The van der Waals surface area contributed by atoms with Crippen molar-refractivity contribution >= 4 is 37.4 Å². The van der Waals surface area contributed by atoms with Gasteiger partial charge in [0, 0.05) is 37.0 Å². The molecule has 0 amide bonds. The molecule has 3 heterocycles. The lowest BCUT2D eigenvalue weighted by atomic mass is 9.89. The first-order chi connectivity index (χ1) is 15.3. The fraction of sp³-hybridized carbons (Fsp3) is 0.500. The van der Waals surface area contributed by atoms with Gasteiger partial charge in [-0.05, 0) is 42.9 Å². The second kappa shape index (κ2) is 8.39. The Labute approximate surface area is 194 Å². The summed E-state index contributed by atoms with van der Waals surface area (Å²) in [4.78, 5) is 15.1. The Morgan fingerprint density at radius 1 is 1.06 bits per heavy atom. The molecule has 0 N–H and O–H groups in total. The van der Waals surface area contributed by atoms with Gasteiger partial charge in [0.2, 0.25) is 10.0 Å². The highest BCUT2D eigenvalue weighted by atomic mass is 32.2. The van der Waals surface area contributed by atoms with Crippen molar-refractivity contribution in [3.63, 3.8) is 0 Å². The maximum Gasteiger partial charge on any atom is 0.243 e. The van der Waals surface area contributed by atoms with Crippen molar-refractivity contribution in [3.8, 4) is 0 Å². The molecule has 0 radical (unpaired) electrons. The quantitative estimate of drug-likeness (QED) is 0.564. The van der Waals surface area contributed by atoms with Gasteiger partial charge in [-0.25, -0.2) is 18.4 Å². The SMILES string of the molecule is CC(C)c1nc(N2CCN(S(=O)(=O)c3ccccc3)CC2)c2c3c(sc2n1)C[C@H](C)CC3. The average Bonchev–Trinajstić information content (AvgIpc) is 3.16. The summed E-state index contributed by atoms with van der Waals surface area (Å²) in [7, 11) is -3.47. The Morgan fingerprint density at radius 3 is 2.47 bits per heavy atom. The van der Waals surface area contributed by atoms with Crippen LogP contribution in [0.15, 0.2) is 35.2 Å². The molecular weight excluding hydrogens is 440 g/mol. The zero-order valence-corrected chi connectivity index (χ0v) is 20.5. The Hall–Kier alpha value is -2.03. The first kappa shape index (κ1) is 21.8. The minimum Gasteiger partial charge on any atom is -0.353 e.